The van der Waals surface area contributed by atoms with Crippen molar-refractivity contribution in [1.29, 1.82) is 0 Å². The van der Waals surface area contributed by atoms with E-state index in [0.717, 1.165) is 34.6 Å². The standard InChI is InChI=1S/C81H134N6O60/c1-19(98)82-38-50(113)61(30(12-93)129-70(38)124)139-72-40(84-21(3)100)51(114)64(33(15-96)134-72)142-77-60(123)67(65(143-71-39(83-20(2)99)49(112)44(107)26(8-89)130-71)35(138-77)17-127-78-68(56(119)46(109)28(10-91)132-78)145-73-41(85-22(4)101)52(115)62(31(13-94)135-73)140-75-58(121)54(117)45(108)27(9-90)131-75)144-79-69(57(120)47(110)29(11-92)133-79)146-74-42(86-23(5)102)53(116)63(32(14-95)136-74)141-76-59(122)55(118)48(111)34(137-76)18-128-81(80(125)126)6-24(103)37(87-36(105)16-97)66(147-81)43(106)25(104)7-88/h24-35,37-79,88-97,103-104,106-124H,6-18H2,1-5H3,(H,82,98)(H,83,99)(H,84,100)(H,85,101)(H,86,102)(H,87,105)(H,125,126)/t24-,25+,26+,27+,28+,29+,30+,31+,32+,33+,34+,35+,37+,38+,39+,40+,41+,42+,43+,44+,45-,46+,47+,48-,49+,50+,51+,52+,53+,54-,55-,56-,57-,58+,59+,60-,61+,62+,63+,64+,65+,66+,67+,68-,69-,70+,71-,72-,73-,74-,75-,76-,77-,78-,79+,81+/m0/s1. The summed E-state index contributed by atoms with van der Waals surface area (Å²) in [6.07, 6.45) is -113. The predicted octanol–water partition coefficient (Wildman–Crippen LogP) is -25.9. The number of hydrogen-bond donors (Lipinski definition) is 38. The zero-order chi connectivity index (χ0) is 109. The van der Waals surface area contributed by atoms with Gasteiger partial charge in [-0.1, -0.05) is 0 Å². The van der Waals surface area contributed by atoms with Gasteiger partial charge in [-0.2, -0.15) is 0 Å². The van der Waals surface area contributed by atoms with E-state index in [1.165, 1.54) is 0 Å². The maximum Gasteiger partial charge on any atom is 0.364 e. The van der Waals surface area contributed by atoms with Crippen LogP contribution in [0.1, 0.15) is 41.0 Å². The highest BCUT2D eigenvalue weighted by molar-refractivity contribution is 5.78. The number of rotatable bonds is 41. The lowest BCUT2D eigenvalue weighted by Gasteiger charge is -2.52. The van der Waals surface area contributed by atoms with E-state index in [1.807, 2.05) is 0 Å². The summed E-state index contributed by atoms with van der Waals surface area (Å²) in [5, 5.41) is 374. The summed E-state index contributed by atoms with van der Waals surface area (Å²) >= 11 is 0. The van der Waals surface area contributed by atoms with Crippen LogP contribution in [0.25, 0.3) is 0 Å². The van der Waals surface area contributed by atoms with Crippen molar-refractivity contribution in [2.75, 3.05) is 79.3 Å². The molecule has 11 heterocycles. The minimum Gasteiger partial charge on any atom is -0.477 e. The van der Waals surface area contributed by atoms with Crippen LogP contribution in [0.15, 0.2) is 0 Å². The van der Waals surface area contributed by atoms with Crippen LogP contribution in [0.5, 0.6) is 0 Å². The van der Waals surface area contributed by atoms with Gasteiger partial charge in [0.2, 0.25) is 35.4 Å². The fourth-order valence-corrected chi connectivity index (χ4v) is 18.8. The quantitative estimate of drug-likeness (QED) is 0.0270. The summed E-state index contributed by atoms with van der Waals surface area (Å²) in [7, 11) is 0. The second kappa shape index (κ2) is 53.1. The molecule has 0 aromatic rings. The van der Waals surface area contributed by atoms with E-state index >= 15 is 0 Å². The van der Waals surface area contributed by atoms with Crippen LogP contribution >= 0.6 is 0 Å². The molecule has 147 heavy (non-hydrogen) atoms. The summed E-state index contributed by atoms with van der Waals surface area (Å²) in [6, 6.07) is -12.1. The van der Waals surface area contributed by atoms with E-state index < -0.39 is 470 Å². The molecule has 0 aromatic carbocycles. The Morgan fingerprint density at radius 1 is 0.293 bits per heavy atom. The predicted molar refractivity (Wildman–Crippen MR) is 451 cm³/mol. The molecule has 66 heteroatoms. The van der Waals surface area contributed by atoms with Crippen molar-refractivity contribution in [1.82, 2.24) is 31.9 Å². The lowest BCUT2D eigenvalue weighted by Crippen LogP contribution is -2.71. The smallest absolute Gasteiger partial charge is 0.364 e. The molecule has 0 unspecified atom stereocenters. The number of hydrogen-bond acceptors (Lipinski definition) is 59. The lowest BCUT2D eigenvalue weighted by atomic mass is 9.88. The summed E-state index contributed by atoms with van der Waals surface area (Å²) < 4.78 is 128. The maximum absolute atomic E-state index is 13.5. The molecule has 0 saturated carbocycles. The first kappa shape index (κ1) is 121. The van der Waals surface area contributed by atoms with Crippen LogP contribution in [0, 0.1) is 0 Å². The fraction of sp³-hybridized carbons (Fsp3) is 0.914. The van der Waals surface area contributed by atoms with Gasteiger partial charge in [0.1, 0.15) is 269 Å². The fourth-order valence-electron chi connectivity index (χ4n) is 18.8. The molecule has 0 radical (unpaired) electrons. The molecule has 11 aliphatic rings. The van der Waals surface area contributed by atoms with Crippen LogP contribution < -0.4 is 31.9 Å². The zero-order valence-corrected chi connectivity index (χ0v) is 78.7. The van der Waals surface area contributed by atoms with Gasteiger partial charge in [0.25, 0.3) is 5.79 Å². The van der Waals surface area contributed by atoms with Gasteiger partial charge in [-0.25, -0.2) is 4.79 Å². The number of aliphatic hydroxyl groups excluding tert-OH is 31. The highest BCUT2D eigenvalue weighted by Crippen LogP contribution is 2.44. The van der Waals surface area contributed by atoms with Crippen molar-refractivity contribution in [3.05, 3.63) is 0 Å². The normalized spacial score (nSPS) is 46.8. The van der Waals surface area contributed by atoms with E-state index in [-0.39, 0.29) is 0 Å². The first-order chi connectivity index (χ1) is 69.4. The number of carboxylic acid groups (broad SMARTS) is 1. The van der Waals surface area contributed by atoms with Gasteiger partial charge in [0, 0.05) is 41.0 Å². The Morgan fingerprint density at radius 2 is 0.599 bits per heavy atom. The van der Waals surface area contributed by atoms with Crippen LogP contribution in [-0.2, 0) is 133 Å². The first-order valence-corrected chi connectivity index (χ1v) is 46.4. The summed E-state index contributed by atoms with van der Waals surface area (Å²) in [5.74, 6) is -11.7. The van der Waals surface area contributed by atoms with Crippen molar-refractivity contribution in [2.24, 2.45) is 0 Å². The van der Waals surface area contributed by atoms with E-state index in [9.17, 15) is 197 Å². The first-order valence-electron chi connectivity index (χ1n) is 46.4. The average Bonchev–Trinajstić information content (AvgIpc) is 0.744. The Bertz CT molecular complexity index is 4180. The molecule has 66 nitrogen and oxygen atoms in total. The summed E-state index contributed by atoms with van der Waals surface area (Å²) in [4.78, 5) is 91.2. The zero-order valence-electron chi connectivity index (χ0n) is 78.7. The monoisotopic (exact) mass is 2150 g/mol. The number of amides is 6. The molecule has 11 fully saturated rings. The molecule has 11 aliphatic heterocycles. The van der Waals surface area contributed by atoms with Crippen LogP contribution in [0.3, 0.4) is 0 Å². The van der Waals surface area contributed by atoms with Crippen molar-refractivity contribution in [3.8, 4) is 0 Å². The van der Waals surface area contributed by atoms with E-state index in [1.54, 1.807) is 0 Å². The number of carbonyl (C=O) groups excluding carboxylic acids is 6. The largest absolute Gasteiger partial charge is 0.477 e. The average molecular weight is 2150 g/mol. The second-order valence-electron chi connectivity index (χ2n) is 36.7. The Labute approximate surface area is 830 Å². The summed E-state index contributed by atoms with van der Waals surface area (Å²) in [5.41, 5.74) is 0. The number of carboxylic acids is 1. The topological polar surface area (TPSA) is 1030 Å². The summed E-state index contributed by atoms with van der Waals surface area (Å²) in [6.45, 7) is -10.7. The molecule has 0 aliphatic carbocycles. The molecule has 11 rings (SSSR count). The van der Waals surface area contributed by atoms with Crippen LogP contribution in [-0.4, -0.2) is 627 Å². The Morgan fingerprint density at radius 3 is 1.00 bits per heavy atom. The number of nitrogens with one attached hydrogen (secondary N) is 6. The Kier molecular flexibility index (Phi) is 43.9. The molecule has 0 spiro atoms. The highest BCUT2D eigenvalue weighted by Gasteiger charge is 2.65. The van der Waals surface area contributed by atoms with Gasteiger partial charge in [-0.15, -0.1) is 0 Å². The van der Waals surface area contributed by atoms with E-state index in [2.05, 4.69) is 31.9 Å². The third kappa shape index (κ3) is 27.3. The molecule has 11 saturated heterocycles. The van der Waals surface area contributed by atoms with E-state index in [0.29, 0.717) is 0 Å². The van der Waals surface area contributed by atoms with E-state index in [4.69, 9.17) is 99.5 Å². The molecular weight excluding hydrogens is 2020 g/mol. The SMILES string of the molecule is CC(=O)N[C@@H]1[C@@H](O)[C@H](O[C@@H]2O[C@H](CO)[C@@H](O[C@@H]3O[C@H](CO[C@H]4O[C@H](CO)[C@@H](O)[C@H](O)[C@@H]4O[C@@H]4O[C@H](CO)[C@@H](O[C@@H]5O[C@H](CO)[C@H](O)[C@H](O)[C@H]5O)[C@H](O)[C@H]4NC(C)=O)[C@@H](O[C@@H]4O[C@H](CO)[C@@H](O)[C@H](O)[C@H]4NC(C)=O)[C@H](O[C@H]4O[C@H](CO)[C@@H](O)[C@H](O)[C@@H]4O[C@@H]4O[C@H](CO)[C@@H](O[C@@H]5O[C@H](CO[C@]6(C(=O)O)C[C@H](O)[C@@H](NC(=O)CO)[C@H]([C@H](O)[C@H](O)CO)O6)[C@H](O)[C@H](O)[C@H]5O)[C@H](O)[C@H]4NC(C)=O)[C@@H]3O)[C@H](O)[C@H]2NC(C)=O)[C@@H](CO)O[C@H]1O. The molecule has 56 atom stereocenters. The highest BCUT2D eigenvalue weighted by atomic mass is 16.8. The van der Waals surface area contributed by atoms with Gasteiger partial charge in [-0.05, 0) is 0 Å². The third-order valence-corrected chi connectivity index (χ3v) is 26.5. The molecule has 38 N–H and O–H groups in total. The van der Waals surface area contributed by atoms with Gasteiger partial charge in [0.15, 0.2) is 62.9 Å². The molecule has 848 valence electrons. The van der Waals surface area contributed by atoms with Gasteiger partial charge in [-0.3, -0.25) is 28.8 Å². The number of carbonyl (C=O) groups is 7. The third-order valence-electron chi connectivity index (χ3n) is 26.5. The second-order valence-corrected chi connectivity index (χ2v) is 36.7. The minimum absolute atomic E-state index is 0.815. The molecule has 0 bridgehead atoms. The van der Waals surface area contributed by atoms with Gasteiger partial charge < -0.3 is 295 Å². The van der Waals surface area contributed by atoms with Crippen LogP contribution in [0.4, 0.5) is 0 Å². The number of aliphatic carboxylic acids is 1. The Hall–Kier alpha value is -5.79. The van der Waals surface area contributed by atoms with Crippen molar-refractivity contribution in [3.63, 3.8) is 0 Å². The molecular formula is C81H134N6O60. The minimum atomic E-state index is -3.22. The maximum atomic E-state index is 13.5. The van der Waals surface area contributed by atoms with Crippen LogP contribution in [0.2, 0.25) is 0 Å². The van der Waals surface area contributed by atoms with Crippen molar-refractivity contribution >= 4 is 41.4 Å². The Balaban J connectivity index is 0.986. The number of aliphatic hydroxyl groups is 31. The van der Waals surface area contributed by atoms with Gasteiger partial charge in [0.05, 0.1) is 84.8 Å². The number of ether oxygens (including phenoxy) is 21. The van der Waals surface area contributed by atoms with Gasteiger partial charge >= 0.3 is 5.97 Å². The molecule has 0 aromatic heterocycles. The van der Waals surface area contributed by atoms with Crippen molar-refractivity contribution < 1.29 is 296 Å². The lowest BCUT2D eigenvalue weighted by molar-refractivity contribution is -0.409. The van der Waals surface area contributed by atoms with Crippen molar-refractivity contribution in [2.45, 2.75) is 384 Å². The molecule has 6 amide bonds.